The average molecular weight is 331 g/mol. The van der Waals surface area contributed by atoms with Gasteiger partial charge in [-0.1, -0.05) is 11.6 Å². The van der Waals surface area contributed by atoms with Crippen LogP contribution in [0.3, 0.4) is 0 Å². The molecule has 0 aromatic heterocycles. The first-order chi connectivity index (χ1) is 10.6. The molecule has 2 fully saturated rings. The van der Waals surface area contributed by atoms with Gasteiger partial charge >= 0.3 is 6.61 Å². The summed E-state index contributed by atoms with van der Waals surface area (Å²) in [5.74, 6) is 0.229. The zero-order valence-electron chi connectivity index (χ0n) is 12.5. The maximum absolute atomic E-state index is 12.5. The molecule has 1 aromatic carbocycles. The number of hydrogen-bond donors (Lipinski definition) is 0. The van der Waals surface area contributed by atoms with Crippen LogP contribution < -0.4 is 4.74 Å². The zero-order valence-corrected chi connectivity index (χ0v) is 13.2. The van der Waals surface area contributed by atoms with Crippen LogP contribution in [-0.4, -0.2) is 48.6 Å². The van der Waals surface area contributed by atoms with Gasteiger partial charge in [-0.25, -0.2) is 0 Å². The van der Waals surface area contributed by atoms with Gasteiger partial charge in [-0.15, -0.1) is 0 Å². The standard InChI is InChI=1S/C16H21ClF2N2O/c17-13-4-5-15(22-16(18)19)12(9-13)10-20-6-2-8-21-7-1-3-14(21)11-20/h4-5,9,14,16H,1-3,6-8,10-11H2/t14-/m1/s1. The molecule has 122 valence electrons. The predicted molar refractivity (Wildman–Crippen MR) is 82.6 cm³/mol. The van der Waals surface area contributed by atoms with Crippen LogP contribution in [0.1, 0.15) is 24.8 Å². The molecule has 0 bridgehead atoms. The molecule has 0 N–H and O–H groups in total. The summed E-state index contributed by atoms with van der Waals surface area (Å²) in [5, 5.41) is 0.550. The van der Waals surface area contributed by atoms with E-state index in [1.165, 1.54) is 25.5 Å². The molecule has 1 aromatic rings. The second-order valence-corrected chi connectivity index (χ2v) is 6.49. The van der Waals surface area contributed by atoms with Crippen molar-refractivity contribution in [3.8, 4) is 5.75 Å². The topological polar surface area (TPSA) is 15.7 Å². The smallest absolute Gasteiger partial charge is 0.387 e. The Morgan fingerprint density at radius 1 is 1.23 bits per heavy atom. The Hall–Kier alpha value is -0.910. The first-order valence-electron chi connectivity index (χ1n) is 7.81. The number of halogens is 3. The summed E-state index contributed by atoms with van der Waals surface area (Å²) in [4.78, 5) is 4.88. The van der Waals surface area contributed by atoms with E-state index >= 15 is 0 Å². The van der Waals surface area contributed by atoms with E-state index in [2.05, 4.69) is 14.5 Å². The van der Waals surface area contributed by atoms with Crippen LogP contribution in [-0.2, 0) is 6.54 Å². The van der Waals surface area contributed by atoms with Gasteiger partial charge in [-0.05, 0) is 57.1 Å². The molecule has 0 amide bonds. The highest BCUT2D eigenvalue weighted by Crippen LogP contribution is 2.28. The van der Waals surface area contributed by atoms with Gasteiger partial charge in [0.05, 0.1) is 0 Å². The lowest BCUT2D eigenvalue weighted by Gasteiger charge is -2.26. The summed E-state index contributed by atoms with van der Waals surface area (Å²) in [6.07, 6.45) is 3.60. The Bertz CT molecular complexity index is 515. The van der Waals surface area contributed by atoms with Crippen molar-refractivity contribution in [3.05, 3.63) is 28.8 Å². The van der Waals surface area contributed by atoms with Crippen molar-refractivity contribution < 1.29 is 13.5 Å². The van der Waals surface area contributed by atoms with Crippen molar-refractivity contribution in [2.24, 2.45) is 0 Å². The quantitative estimate of drug-likeness (QED) is 0.838. The fourth-order valence-electron chi connectivity index (χ4n) is 3.55. The Labute approximate surface area is 134 Å². The molecule has 2 aliphatic rings. The number of ether oxygens (including phenoxy) is 1. The Balaban J connectivity index is 1.72. The molecule has 1 atom stereocenters. The molecule has 0 saturated carbocycles. The number of rotatable bonds is 4. The minimum absolute atomic E-state index is 0.229. The molecule has 0 radical (unpaired) electrons. The van der Waals surface area contributed by atoms with Crippen molar-refractivity contribution in [3.63, 3.8) is 0 Å². The van der Waals surface area contributed by atoms with Crippen LogP contribution in [0.4, 0.5) is 8.78 Å². The SMILES string of the molecule is FC(F)Oc1ccc(Cl)cc1CN1CCCN2CCC[C@@H]2C1. The molecule has 2 heterocycles. The lowest BCUT2D eigenvalue weighted by molar-refractivity contribution is -0.0507. The van der Waals surface area contributed by atoms with Gasteiger partial charge in [0, 0.05) is 29.7 Å². The molecule has 0 aliphatic carbocycles. The van der Waals surface area contributed by atoms with Crippen molar-refractivity contribution in [2.75, 3.05) is 26.2 Å². The number of alkyl halides is 2. The molecule has 3 nitrogen and oxygen atoms in total. The van der Waals surface area contributed by atoms with E-state index in [-0.39, 0.29) is 5.75 Å². The van der Waals surface area contributed by atoms with E-state index in [4.69, 9.17) is 11.6 Å². The molecule has 3 rings (SSSR count). The molecule has 0 unspecified atom stereocenters. The second kappa shape index (κ2) is 7.11. The third-order valence-electron chi connectivity index (χ3n) is 4.52. The van der Waals surface area contributed by atoms with E-state index in [0.29, 0.717) is 17.6 Å². The number of benzene rings is 1. The highest BCUT2D eigenvalue weighted by Gasteiger charge is 2.29. The first kappa shape index (κ1) is 16.0. The van der Waals surface area contributed by atoms with Crippen molar-refractivity contribution in [1.29, 1.82) is 0 Å². The summed E-state index contributed by atoms with van der Waals surface area (Å²) in [6, 6.07) is 5.45. The second-order valence-electron chi connectivity index (χ2n) is 6.05. The molecule has 0 spiro atoms. The van der Waals surface area contributed by atoms with Crippen molar-refractivity contribution in [1.82, 2.24) is 9.80 Å². The molecule has 2 saturated heterocycles. The van der Waals surface area contributed by atoms with E-state index in [1.54, 1.807) is 12.1 Å². The number of hydrogen-bond acceptors (Lipinski definition) is 3. The van der Waals surface area contributed by atoms with Crippen LogP contribution in [0.5, 0.6) is 5.75 Å². The van der Waals surface area contributed by atoms with Gasteiger partial charge in [0.2, 0.25) is 0 Å². The molecule has 6 heteroatoms. The van der Waals surface area contributed by atoms with E-state index in [1.807, 2.05) is 0 Å². The third kappa shape index (κ3) is 3.89. The maximum Gasteiger partial charge on any atom is 0.387 e. The van der Waals surface area contributed by atoms with E-state index in [9.17, 15) is 8.78 Å². The fraction of sp³-hybridized carbons (Fsp3) is 0.625. The summed E-state index contributed by atoms with van der Waals surface area (Å²) < 4.78 is 29.7. The largest absolute Gasteiger partial charge is 0.434 e. The van der Waals surface area contributed by atoms with Gasteiger partial charge in [0.1, 0.15) is 5.75 Å². The van der Waals surface area contributed by atoms with Crippen LogP contribution in [0, 0.1) is 0 Å². The van der Waals surface area contributed by atoms with Crippen LogP contribution >= 0.6 is 11.6 Å². The molecular weight excluding hydrogens is 310 g/mol. The van der Waals surface area contributed by atoms with E-state index < -0.39 is 6.61 Å². The summed E-state index contributed by atoms with van der Waals surface area (Å²) in [5.41, 5.74) is 0.735. The lowest BCUT2D eigenvalue weighted by atomic mass is 10.1. The maximum atomic E-state index is 12.5. The monoisotopic (exact) mass is 330 g/mol. The Kier molecular flexibility index (Phi) is 5.16. The van der Waals surface area contributed by atoms with E-state index in [0.717, 1.165) is 31.6 Å². The number of nitrogens with zero attached hydrogens (tertiary/aromatic N) is 2. The summed E-state index contributed by atoms with van der Waals surface area (Å²) in [7, 11) is 0. The predicted octanol–water partition coefficient (Wildman–Crippen LogP) is 3.61. The zero-order chi connectivity index (χ0) is 15.5. The summed E-state index contributed by atoms with van der Waals surface area (Å²) in [6.45, 7) is 2.09. The van der Waals surface area contributed by atoms with Crippen LogP contribution in [0.2, 0.25) is 5.02 Å². The minimum atomic E-state index is -2.81. The highest BCUT2D eigenvalue weighted by molar-refractivity contribution is 6.30. The fourth-order valence-corrected chi connectivity index (χ4v) is 3.74. The Morgan fingerprint density at radius 2 is 2.05 bits per heavy atom. The van der Waals surface area contributed by atoms with Crippen LogP contribution in [0.15, 0.2) is 18.2 Å². The van der Waals surface area contributed by atoms with Gasteiger partial charge in [-0.3, -0.25) is 9.80 Å². The third-order valence-corrected chi connectivity index (χ3v) is 4.76. The normalized spacial score (nSPS) is 23.5. The minimum Gasteiger partial charge on any atom is -0.434 e. The van der Waals surface area contributed by atoms with Gasteiger partial charge in [0.25, 0.3) is 0 Å². The summed E-state index contributed by atoms with van der Waals surface area (Å²) >= 11 is 6.02. The average Bonchev–Trinajstić information content (AvgIpc) is 2.80. The Morgan fingerprint density at radius 3 is 2.86 bits per heavy atom. The molecule has 22 heavy (non-hydrogen) atoms. The van der Waals surface area contributed by atoms with Gasteiger partial charge in [0.15, 0.2) is 0 Å². The molecular formula is C16H21ClF2N2O. The van der Waals surface area contributed by atoms with Crippen LogP contribution in [0.25, 0.3) is 0 Å². The number of fused-ring (bicyclic) bond motifs is 1. The first-order valence-corrected chi connectivity index (χ1v) is 8.19. The van der Waals surface area contributed by atoms with Crippen molar-refractivity contribution >= 4 is 11.6 Å². The molecule has 2 aliphatic heterocycles. The van der Waals surface area contributed by atoms with Crippen molar-refractivity contribution in [2.45, 2.75) is 38.5 Å². The van der Waals surface area contributed by atoms with Gasteiger partial charge < -0.3 is 4.74 Å². The lowest BCUT2D eigenvalue weighted by Crippen LogP contribution is -2.36. The highest BCUT2D eigenvalue weighted by atomic mass is 35.5. The van der Waals surface area contributed by atoms with Gasteiger partial charge in [-0.2, -0.15) is 8.78 Å².